The molecular formula is C10H15NaO4P2Te2. The van der Waals surface area contributed by atoms with Crippen LogP contribution >= 0.6 is 13.4 Å². The first-order chi connectivity index (χ1) is 9.06. The van der Waals surface area contributed by atoms with Gasteiger partial charge in [-0.3, -0.25) is 0 Å². The van der Waals surface area contributed by atoms with Gasteiger partial charge in [0.15, 0.2) is 0 Å². The van der Waals surface area contributed by atoms with Crippen molar-refractivity contribution < 1.29 is 17.9 Å². The maximum absolute atomic E-state index is 12.0. The predicted molar refractivity (Wildman–Crippen MR) is 82.5 cm³/mol. The molecule has 2 heterocycles. The first-order valence-electron chi connectivity index (χ1n) is 6.05. The van der Waals surface area contributed by atoms with Gasteiger partial charge in [-0.15, -0.1) is 0 Å². The van der Waals surface area contributed by atoms with Crippen molar-refractivity contribution in [2.24, 2.45) is 0 Å². The Kier molecular flexibility index (Phi) is 6.74. The second kappa shape index (κ2) is 7.25. The summed E-state index contributed by atoms with van der Waals surface area (Å²) in [5.41, 5.74) is 0. The van der Waals surface area contributed by atoms with E-state index in [4.69, 9.17) is 13.1 Å². The van der Waals surface area contributed by atoms with Crippen LogP contribution in [0.25, 0.3) is 0 Å². The molecule has 4 nitrogen and oxygen atoms in total. The third-order valence-corrected chi connectivity index (χ3v) is 44.7. The van der Waals surface area contributed by atoms with Crippen molar-refractivity contribution in [1.82, 2.24) is 0 Å². The Hall–Kier alpha value is 2.31. The summed E-state index contributed by atoms with van der Waals surface area (Å²) in [6, 6.07) is 0. The third kappa shape index (κ3) is 3.80. The average Bonchev–Trinajstić information content (AvgIpc) is 2.44. The summed E-state index contributed by atoms with van der Waals surface area (Å²) < 4.78 is 17.5. The average molecular weight is 539 g/mol. The van der Waals surface area contributed by atoms with Gasteiger partial charge in [-0.05, 0) is 0 Å². The molecule has 19 heavy (non-hydrogen) atoms. The standard InChI is InChI=1S/C10H15O4P2Te2.Na/c1-3-16(17,4-2)13-15(14-16)12-10(11)9-7-5-6-8-18-9;/h5-9H,3-4H2,1-2H3;/q-1;+1. The molecule has 0 aromatic rings. The number of hydrogen-bond acceptors (Lipinski definition) is 4. The molecule has 0 N–H and O–H groups in total. The number of carbonyl (C=O) groups is 1. The normalized spacial score (nSPS) is 32.9. The maximum atomic E-state index is 12.0. The van der Waals surface area contributed by atoms with Crippen LogP contribution in [0.3, 0.4) is 0 Å². The van der Waals surface area contributed by atoms with Gasteiger partial charge in [0.1, 0.15) is 0 Å². The van der Waals surface area contributed by atoms with Gasteiger partial charge in [0.05, 0.1) is 0 Å². The molecule has 0 bridgehead atoms. The molecule has 0 amide bonds. The van der Waals surface area contributed by atoms with Crippen LogP contribution in [0.15, 0.2) is 22.4 Å². The molecule has 0 saturated carbocycles. The molecule has 1 saturated heterocycles. The van der Waals surface area contributed by atoms with Crippen molar-refractivity contribution >= 4 is 78.8 Å². The van der Waals surface area contributed by atoms with Crippen LogP contribution in [0.5, 0.6) is 0 Å². The minimum atomic E-state index is -2.24. The number of allylic oxidation sites excluding steroid dienone is 2. The second-order valence-electron chi connectivity index (χ2n) is 4.10. The van der Waals surface area contributed by atoms with E-state index in [9.17, 15) is 4.79 Å². The molecule has 1 unspecified atom stereocenters. The number of rotatable bonds is 5. The molecule has 0 aliphatic carbocycles. The molecule has 1 atom stereocenters. The van der Waals surface area contributed by atoms with Crippen molar-refractivity contribution in [3.63, 3.8) is 0 Å². The molecule has 9 heteroatoms. The molecule has 2 rings (SSSR count). The summed E-state index contributed by atoms with van der Waals surface area (Å²) in [6.07, 6.45) is 7.83. The van der Waals surface area contributed by atoms with Crippen molar-refractivity contribution in [1.29, 1.82) is 0 Å². The molecule has 0 radical (unpaired) electrons. The second-order valence-corrected chi connectivity index (χ2v) is 30.6. The van der Waals surface area contributed by atoms with Crippen LogP contribution in [0.1, 0.15) is 13.8 Å². The van der Waals surface area contributed by atoms with Crippen LogP contribution in [-0.2, 0) is 17.9 Å². The van der Waals surface area contributed by atoms with Crippen LogP contribution in [0.2, 0.25) is 3.97 Å². The SMILES string of the molecule is CCP1(CC)([Te][Na])OP(OC(=O)C2C=CC=C[Te]2)O1. The Morgan fingerprint density at radius 2 is 2.16 bits per heavy atom. The van der Waals surface area contributed by atoms with Gasteiger partial charge in [-0.25, -0.2) is 0 Å². The molecule has 1 fully saturated rings. The first kappa shape index (κ1) is 17.7. The Bertz CT molecular complexity index is 407. The van der Waals surface area contributed by atoms with Gasteiger partial charge in [0, 0.05) is 0 Å². The molecule has 2 aliphatic rings. The summed E-state index contributed by atoms with van der Waals surface area (Å²) in [4.78, 5) is 12.0. The van der Waals surface area contributed by atoms with Gasteiger partial charge < -0.3 is 0 Å². The van der Waals surface area contributed by atoms with Gasteiger partial charge >= 0.3 is 149 Å². The Morgan fingerprint density at radius 3 is 2.63 bits per heavy atom. The summed E-state index contributed by atoms with van der Waals surface area (Å²) in [6.45, 7) is 4.30. The van der Waals surface area contributed by atoms with Crippen LogP contribution < -0.4 is 0 Å². The molecule has 2 aliphatic heterocycles. The van der Waals surface area contributed by atoms with E-state index < -0.39 is 34.3 Å². The van der Waals surface area contributed by atoms with Crippen LogP contribution in [-0.4, -0.2) is 77.7 Å². The van der Waals surface area contributed by atoms with Gasteiger partial charge in [-0.1, -0.05) is 0 Å². The fourth-order valence-corrected chi connectivity index (χ4v) is 39.3. The number of hydrogen-bond donors (Lipinski definition) is 0. The summed E-state index contributed by atoms with van der Waals surface area (Å²) >= 11 is 0.582. The molecule has 0 aromatic carbocycles. The monoisotopic (exact) mass is 544 g/mol. The van der Waals surface area contributed by atoms with E-state index >= 15 is 0 Å². The summed E-state index contributed by atoms with van der Waals surface area (Å²) in [5, 5.41) is 0. The predicted octanol–water partition coefficient (Wildman–Crippen LogP) is 2.51. The molecule has 0 aromatic heterocycles. The minimum absolute atomic E-state index is 0.0487. The number of carbonyl (C=O) groups excluding carboxylic acids is 1. The van der Waals surface area contributed by atoms with E-state index in [1.54, 1.807) is 0 Å². The summed E-state index contributed by atoms with van der Waals surface area (Å²) in [5.74, 6) is -0.161. The Balaban J connectivity index is 1.89. The van der Waals surface area contributed by atoms with Crippen molar-refractivity contribution in [3.8, 4) is 0 Å². The zero-order valence-electron chi connectivity index (χ0n) is 11.1. The molecule has 102 valence electrons. The van der Waals surface area contributed by atoms with Crippen LogP contribution in [0.4, 0.5) is 0 Å². The van der Waals surface area contributed by atoms with Crippen molar-refractivity contribution in [3.05, 3.63) is 22.4 Å². The van der Waals surface area contributed by atoms with E-state index in [1.807, 2.05) is 18.2 Å². The first-order valence-corrected chi connectivity index (χ1v) is 23.1. The van der Waals surface area contributed by atoms with E-state index in [0.717, 1.165) is 12.3 Å². The fourth-order valence-electron chi connectivity index (χ4n) is 1.76. The third-order valence-electron chi connectivity index (χ3n) is 3.22. The summed E-state index contributed by atoms with van der Waals surface area (Å²) in [7, 11) is -1.39. The van der Waals surface area contributed by atoms with Gasteiger partial charge in [0.25, 0.3) is 0 Å². The van der Waals surface area contributed by atoms with Gasteiger partial charge in [0.2, 0.25) is 0 Å². The van der Waals surface area contributed by atoms with Crippen molar-refractivity contribution in [2.75, 3.05) is 12.3 Å². The zero-order chi connectivity index (χ0) is 14.0. The fraction of sp³-hybridized carbons (Fsp3) is 0.500. The van der Waals surface area contributed by atoms with Crippen molar-refractivity contribution in [2.45, 2.75) is 17.8 Å². The van der Waals surface area contributed by atoms with Crippen LogP contribution in [0, 0.1) is 0 Å². The van der Waals surface area contributed by atoms with E-state index in [2.05, 4.69) is 18.0 Å². The molecular weight excluding hydrogens is 524 g/mol. The molecule has 0 spiro atoms. The quantitative estimate of drug-likeness (QED) is 0.398. The van der Waals surface area contributed by atoms with E-state index in [-0.39, 0.29) is 24.9 Å². The zero-order valence-corrected chi connectivity index (χ0v) is 19.6. The van der Waals surface area contributed by atoms with Gasteiger partial charge in [-0.2, -0.15) is 0 Å². The topological polar surface area (TPSA) is 44.8 Å². The Labute approximate surface area is 147 Å². The van der Waals surface area contributed by atoms with E-state index in [1.165, 1.54) is 23.5 Å². The van der Waals surface area contributed by atoms with E-state index in [0.29, 0.717) is 0 Å². The Morgan fingerprint density at radius 1 is 1.47 bits per heavy atom.